The lowest BCUT2D eigenvalue weighted by molar-refractivity contribution is 0.0148. The van der Waals surface area contributed by atoms with E-state index >= 15 is 0 Å². The maximum atomic E-state index is 13.3. The van der Waals surface area contributed by atoms with E-state index in [9.17, 15) is 9.59 Å². The summed E-state index contributed by atoms with van der Waals surface area (Å²) < 4.78 is 27.4. The van der Waals surface area contributed by atoms with Crippen LogP contribution in [-0.2, 0) is 4.74 Å². The van der Waals surface area contributed by atoms with Crippen LogP contribution < -0.4 is 18.9 Å². The summed E-state index contributed by atoms with van der Waals surface area (Å²) in [5, 5.41) is 0. The number of methoxy groups -OCH3 is 4. The molecule has 1 aliphatic heterocycles. The minimum Gasteiger partial charge on any atom is -0.492 e. The highest BCUT2D eigenvalue weighted by Gasteiger charge is 2.44. The van der Waals surface area contributed by atoms with Crippen molar-refractivity contribution in [1.82, 2.24) is 0 Å². The Morgan fingerprint density at radius 1 is 0.769 bits per heavy atom. The van der Waals surface area contributed by atoms with E-state index in [2.05, 4.69) is 0 Å². The van der Waals surface area contributed by atoms with Crippen LogP contribution >= 0.6 is 0 Å². The molecule has 140 valence electrons. The van der Waals surface area contributed by atoms with Crippen LogP contribution in [0.3, 0.4) is 0 Å². The Kier molecular flexibility index (Phi) is 4.66. The van der Waals surface area contributed by atoms with Gasteiger partial charge in [0.05, 0.1) is 51.8 Å². The van der Waals surface area contributed by atoms with Gasteiger partial charge in [0.25, 0.3) is 0 Å². The molecular formula is C19H22O7. The Morgan fingerprint density at radius 2 is 1.23 bits per heavy atom. The van der Waals surface area contributed by atoms with E-state index in [4.69, 9.17) is 23.7 Å². The van der Waals surface area contributed by atoms with Gasteiger partial charge in [-0.1, -0.05) is 0 Å². The Labute approximate surface area is 151 Å². The van der Waals surface area contributed by atoms with Gasteiger partial charge in [-0.3, -0.25) is 9.59 Å². The number of ketones is 2. The summed E-state index contributed by atoms with van der Waals surface area (Å²) in [7, 11) is 5.69. The number of fused-ring (bicyclic) bond motifs is 1. The minimum atomic E-state index is -0.484. The first-order valence-electron chi connectivity index (χ1n) is 8.28. The molecule has 2 aliphatic rings. The zero-order valence-corrected chi connectivity index (χ0v) is 15.7. The first-order chi connectivity index (χ1) is 12.4. The zero-order chi connectivity index (χ0) is 19.2. The molecule has 7 heteroatoms. The summed E-state index contributed by atoms with van der Waals surface area (Å²) in [4.78, 5) is 26.6. The number of carbonyl (C=O) groups excluding carboxylic acids is 2. The molecule has 0 N–H and O–H groups in total. The van der Waals surface area contributed by atoms with Crippen molar-refractivity contribution < 1.29 is 33.3 Å². The van der Waals surface area contributed by atoms with Gasteiger partial charge in [-0.2, -0.15) is 0 Å². The Bertz CT molecular complexity index is 822. The van der Waals surface area contributed by atoms with Gasteiger partial charge in [-0.25, -0.2) is 0 Å². The van der Waals surface area contributed by atoms with Crippen molar-refractivity contribution in [2.75, 3.05) is 28.4 Å². The molecule has 0 radical (unpaired) electrons. The predicted octanol–water partition coefficient (Wildman–Crippen LogP) is 2.59. The highest BCUT2D eigenvalue weighted by molar-refractivity contribution is 6.30. The molecule has 26 heavy (non-hydrogen) atoms. The lowest BCUT2D eigenvalue weighted by Gasteiger charge is -2.34. The molecule has 7 nitrogen and oxygen atoms in total. The van der Waals surface area contributed by atoms with Gasteiger partial charge in [-0.05, 0) is 13.8 Å². The fourth-order valence-corrected chi connectivity index (χ4v) is 3.78. The molecule has 0 unspecified atom stereocenters. The maximum Gasteiger partial charge on any atom is 0.208 e. The van der Waals surface area contributed by atoms with Gasteiger partial charge >= 0.3 is 0 Å². The fourth-order valence-electron chi connectivity index (χ4n) is 3.78. The van der Waals surface area contributed by atoms with Crippen LogP contribution in [0.1, 0.15) is 41.0 Å². The number of rotatable bonds is 4. The van der Waals surface area contributed by atoms with Gasteiger partial charge in [0.1, 0.15) is 0 Å². The molecular weight excluding hydrogens is 340 g/mol. The molecule has 0 amide bonds. The van der Waals surface area contributed by atoms with Crippen LogP contribution in [0.15, 0.2) is 11.1 Å². The van der Waals surface area contributed by atoms with Crippen LogP contribution in [0.4, 0.5) is 0 Å². The third-order valence-corrected chi connectivity index (χ3v) is 4.77. The molecule has 0 saturated carbocycles. The molecule has 2 atom stereocenters. The summed E-state index contributed by atoms with van der Waals surface area (Å²) in [5.74, 6) is 0.142. The zero-order valence-electron chi connectivity index (χ0n) is 15.7. The fraction of sp³-hybridized carbons (Fsp3) is 0.474. The van der Waals surface area contributed by atoms with Gasteiger partial charge in [0.2, 0.25) is 11.5 Å². The lowest BCUT2D eigenvalue weighted by atomic mass is 9.77. The molecule has 0 bridgehead atoms. The SMILES string of the molecule is COc1c(OC)c(OC)c2c(c1OC)C(=O)C1=C(C2=O)[C@@H](C)O[C@@H](C)C1. The monoisotopic (exact) mass is 362 g/mol. The summed E-state index contributed by atoms with van der Waals surface area (Å²) in [5.41, 5.74) is 1.09. The van der Waals surface area contributed by atoms with Crippen molar-refractivity contribution in [2.45, 2.75) is 32.5 Å². The van der Waals surface area contributed by atoms with Gasteiger partial charge in [0, 0.05) is 17.6 Å². The highest BCUT2D eigenvalue weighted by atomic mass is 16.5. The minimum absolute atomic E-state index is 0.121. The Balaban J connectivity index is 2.40. The van der Waals surface area contributed by atoms with E-state index in [1.165, 1.54) is 28.4 Å². The van der Waals surface area contributed by atoms with Crippen molar-refractivity contribution in [3.63, 3.8) is 0 Å². The van der Waals surface area contributed by atoms with Crippen molar-refractivity contribution in [3.8, 4) is 23.0 Å². The van der Waals surface area contributed by atoms with Gasteiger partial charge < -0.3 is 23.7 Å². The molecule has 1 aromatic carbocycles. The lowest BCUT2D eigenvalue weighted by Crippen LogP contribution is -2.36. The normalized spacial score (nSPS) is 21.9. The van der Waals surface area contributed by atoms with Crippen molar-refractivity contribution in [1.29, 1.82) is 0 Å². The van der Waals surface area contributed by atoms with E-state index in [0.717, 1.165) is 0 Å². The van der Waals surface area contributed by atoms with Crippen LogP contribution in [0.25, 0.3) is 0 Å². The standard InChI is InChI=1S/C19H22O7/c1-8-7-10-11(9(2)26-8)15(21)13-12(14(10)20)16(22-3)18(24-5)19(25-6)17(13)23-4/h8-9H,7H2,1-6H3/t8-,9+/m0/s1. The van der Waals surface area contributed by atoms with Crippen molar-refractivity contribution in [3.05, 3.63) is 22.3 Å². The van der Waals surface area contributed by atoms with E-state index in [1.54, 1.807) is 6.92 Å². The van der Waals surface area contributed by atoms with E-state index in [0.29, 0.717) is 17.6 Å². The Hall–Kier alpha value is -2.54. The third-order valence-electron chi connectivity index (χ3n) is 4.77. The van der Waals surface area contributed by atoms with Crippen LogP contribution in [-0.4, -0.2) is 52.2 Å². The van der Waals surface area contributed by atoms with Gasteiger partial charge in [0.15, 0.2) is 23.1 Å². The average Bonchev–Trinajstić information content (AvgIpc) is 2.62. The first kappa shape index (κ1) is 18.3. The first-order valence-corrected chi connectivity index (χ1v) is 8.28. The second-order valence-electron chi connectivity index (χ2n) is 6.23. The molecule has 1 aliphatic carbocycles. The van der Waals surface area contributed by atoms with Crippen molar-refractivity contribution >= 4 is 11.6 Å². The highest BCUT2D eigenvalue weighted by Crippen LogP contribution is 2.53. The summed E-state index contributed by atoms with van der Waals surface area (Å²) >= 11 is 0. The summed E-state index contributed by atoms with van der Waals surface area (Å²) in [6.45, 7) is 3.64. The van der Waals surface area contributed by atoms with E-state index < -0.39 is 6.10 Å². The van der Waals surface area contributed by atoms with E-state index in [-0.39, 0.29) is 51.8 Å². The molecule has 0 saturated heterocycles. The molecule has 0 fully saturated rings. The average molecular weight is 362 g/mol. The molecule has 1 heterocycles. The van der Waals surface area contributed by atoms with Crippen LogP contribution in [0.2, 0.25) is 0 Å². The molecule has 0 aromatic heterocycles. The van der Waals surface area contributed by atoms with Crippen LogP contribution in [0, 0.1) is 0 Å². The maximum absolute atomic E-state index is 13.3. The second-order valence-corrected chi connectivity index (χ2v) is 6.23. The third kappa shape index (κ3) is 2.38. The van der Waals surface area contributed by atoms with Crippen molar-refractivity contribution in [2.24, 2.45) is 0 Å². The number of hydrogen-bond donors (Lipinski definition) is 0. The van der Waals surface area contributed by atoms with E-state index in [1.807, 2.05) is 6.92 Å². The van der Waals surface area contributed by atoms with Crippen LogP contribution in [0.5, 0.6) is 23.0 Å². The number of hydrogen-bond acceptors (Lipinski definition) is 7. The number of ether oxygens (including phenoxy) is 5. The number of carbonyl (C=O) groups is 2. The largest absolute Gasteiger partial charge is 0.492 e. The Morgan fingerprint density at radius 3 is 1.69 bits per heavy atom. The second kappa shape index (κ2) is 6.64. The molecule has 1 aromatic rings. The number of benzene rings is 1. The quantitative estimate of drug-likeness (QED) is 0.814. The number of Topliss-reactive ketones (excluding diaryl/α,β-unsaturated/α-hetero) is 2. The summed E-state index contributed by atoms with van der Waals surface area (Å²) in [6, 6.07) is 0. The summed E-state index contributed by atoms with van der Waals surface area (Å²) in [6.07, 6.45) is -0.277. The predicted molar refractivity (Wildman–Crippen MR) is 93.0 cm³/mol. The van der Waals surface area contributed by atoms with Gasteiger partial charge in [-0.15, -0.1) is 0 Å². The smallest absolute Gasteiger partial charge is 0.208 e. The molecule has 3 rings (SSSR count). The molecule has 0 spiro atoms. The topological polar surface area (TPSA) is 80.3 Å².